The monoisotopic (exact) mass is 502 g/mol. The summed E-state index contributed by atoms with van der Waals surface area (Å²) in [5, 5.41) is 11.2. The fraction of sp³-hybridized carbons (Fsp3) is 0.538. The van der Waals surface area contributed by atoms with Crippen LogP contribution in [0.3, 0.4) is 0 Å². The van der Waals surface area contributed by atoms with Crippen molar-refractivity contribution in [1.82, 2.24) is 19.7 Å². The maximum atomic E-state index is 13.7. The average molecular weight is 503 g/mol. The summed E-state index contributed by atoms with van der Waals surface area (Å²) in [6.07, 6.45) is 7.88. The number of rotatable bonds is 5. The molecule has 3 aliphatic rings. The van der Waals surface area contributed by atoms with Crippen LogP contribution >= 0.6 is 23.2 Å². The Morgan fingerprint density at radius 1 is 1.03 bits per heavy atom. The largest absolute Gasteiger partial charge is 0.392 e. The molecule has 182 valence electrons. The molecule has 2 aliphatic heterocycles. The average Bonchev–Trinajstić information content (AvgIpc) is 3.28. The van der Waals surface area contributed by atoms with Crippen molar-refractivity contribution in [2.45, 2.75) is 62.9 Å². The predicted octanol–water partition coefficient (Wildman–Crippen LogP) is 3.63. The van der Waals surface area contributed by atoms with E-state index in [2.05, 4.69) is 25.8 Å². The topological polar surface area (TPSA) is 59.9 Å². The van der Waals surface area contributed by atoms with Crippen molar-refractivity contribution < 1.29 is 9.90 Å². The van der Waals surface area contributed by atoms with E-state index in [0.29, 0.717) is 35.6 Å². The number of aliphatic hydroxyl groups excluding tert-OH is 1. The van der Waals surface area contributed by atoms with Crippen LogP contribution in [0.2, 0.25) is 10.0 Å². The number of carbonyl (C=O) groups is 1. The Labute approximate surface area is 211 Å². The summed E-state index contributed by atoms with van der Waals surface area (Å²) < 4.78 is 0. The molecular formula is C26H32Cl2N4O2. The number of aliphatic hydroxyl groups is 1. The number of benzene rings is 1. The van der Waals surface area contributed by atoms with Crippen LogP contribution in [-0.4, -0.2) is 81.1 Å². The number of β-amino-alcohol motifs (C(OH)–C–C–N with tert-alkyl or cyclic N) is 1. The molecule has 1 aromatic heterocycles. The fourth-order valence-electron chi connectivity index (χ4n) is 6.11. The second kappa shape index (κ2) is 10.5. The first-order valence-electron chi connectivity index (χ1n) is 12.3. The highest BCUT2D eigenvalue weighted by Crippen LogP contribution is 2.36. The van der Waals surface area contributed by atoms with E-state index in [9.17, 15) is 9.90 Å². The third-order valence-corrected chi connectivity index (χ3v) is 8.42. The Kier molecular flexibility index (Phi) is 7.42. The number of pyridine rings is 1. The molecule has 1 unspecified atom stereocenters. The van der Waals surface area contributed by atoms with Crippen molar-refractivity contribution in [3.8, 4) is 0 Å². The molecule has 0 radical (unpaired) electrons. The normalized spacial score (nSPS) is 28.1. The number of amides is 1. The molecule has 4 atom stereocenters. The van der Waals surface area contributed by atoms with Crippen LogP contribution in [0.25, 0.3) is 0 Å². The van der Waals surface area contributed by atoms with Gasteiger partial charge in [0.15, 0.2) is 0 Å². The Bertz CT molecular complexity index is 1010. The van der Waals surface area contributed by atoms with E-state index in [1.807, 2.05) is 18.3 Å². The van der Waals surface area contributed by atoms with Crippen LogP contribution < -0.4 is 0 Å². The molecule has 2 aromatic rings. The number of fused-ring (bicyclic) bond motifs is 1. The zero-order chi connectivity index (χ0) is 23.7. The van der Waals surface area contributed by atoms with Gasteiger partial charge in [-0.3, -0.25) is 19.6 Å². The van der Waals surface area contributed by atoms with Gasteiger partial charge >= 0.3 is 0 Å². The number of piperazine rings is 1. The molecule has 1 aromatic carbocycles. The van der Waals surface area contributed by atoms with E-state index < -0.39 is 0 Å². The molecule has 6 nitrogen and oxygen atoms in total. The van der Waals surface area contributed by atoms with E-state index in [0.717, 1.165) is 50.9 Å². The summed E-state index contributed by atoms with van der Waals surface area (Å²) in [5.74, 6) is 0.140. The van der Waals surface area contributed by atoms with Crippen LogP contribution in [-0.2, 0) is 17.8 Å². The van der Waals surface area contributed by atoms with E-state index in [-0.39, 0.29) is 24.1 Å². The maximum absolute atomic E-state index is 13.7. The van der Waals surface area contributed by atoms with Crippen LogP contribution in [0.5, 0.6) is 0 Å². The second-order valence-electron chi connectivity index (χ2n) is 9.84. The first-order valence-corrected chi connectivity index (χ1v) is 13.0. The molecule has 1 saturated carbocycles. The third kappa shape index (κ3) is 5.12. The van der Waals surface area contributed by atoms with Crippen molar-refractivity contribution in [1.29, 1.82) is 0 Å². The smallest absolute Gasteiger partial charge is 0.227 e. The molecule has 1 aliphatic carbocycles. The van der Waals surface area contributed by atoms with Gasteiger partial charge in [0.2, 0.25) is 5.91 Å². The summed E-state index contributed by atoms with van der Waals surface area (Å²) in [6, 6.07) is 10.2. The van der Waals surface area contributed by atoms with Gasteiger partial charge in [-0.05, 0) is 48.6 Å². The van der Waals surface area contributed by atoms with Gasteiger partial charge in [-0.1, -0.05) is 41.8 Å². The summed E-state index contributed by atoms with van der Waals surface area (Å²) in [4.78, 5) is 25.1. The molecule has 8 heteroatoms. The lowest BCUT2D eigenvalue weighted by atomic mass is 9.81. The molecule has 3 heterocycles. The lowest BCUT2D eigenvalue weighted by Crippen LogP contribution is -2.68. The van der Waals surface area contributed by atoms with Crippen molar-refractivity contribution in [3.63, 3.8) is 0 Å². The Morgan fingerprint density at radius 2 is 1.88 bits per heavy atom. The van der Waals surface area contributed by atoms with E-state index in [4.69, 9.17) is 23.2 Å². The van der Waals surface area contributed by atoms with Crippen molar-refractivity contribution in [2.75, 3.05) is 26.2 Å². The highest BCUT2D eigenvalue weighted by atomic mass is 35.5. The van der Waals surface area contributed by atoms with Crippen molar-refractivity contribution >= 4 is 29.1 Å². The summed E-state index contributed by atoms with van der Waals surface area (Å²) in [7, 11) is 0. The Morgan fingerprint density at radius 3 is 2.62 bits per heavy atom. The summed E-state index contributed by atoms with van der Waals surface area (Å²) in [6.45, 7) is 3.99. The van der Waals surface area contributed by atoms with Gasteiger partial charge in [-0.15, -0.1) is 0 Å². The van der Waals surface area contributed by atoms with E-state index in [1.54, 1.807) is 18.3 Å². The SMILES string of the molecule is O=C(Cc1ccc(Cl)c(Cl)c1)N1CCN(Cc2cccnc2)[C@@H]2CCC[C@H](N3CCC(O)C3)[C@H]21. The van der Waals surface area contributed by atoms with Gasteiger partial charge in [0.25, 0.3) is 0 Å². The highest BCUT2D eigenvalue weighted by Gasteiger charge is 2.47. The Balaban J connectivity index is 1.40. The second-order valence-corrected chi connectivity index (χ2v) is 10.7. The molecule has 0 spiro atoms. The fourth-order valence-corrected chi connectivity index (χ4v) is 6.43. The number of hydrogen-bond acceptors (Lipinski definition) is 5. The van der Waals surface area contributed by atoms with Crippen molar-refractivity contribution in [3.05, 3.63) is 63.9 Å². The number of aromatic nitrogens is 1. The number of hydrogen-bond donors (Lipinski definition) is 1. The molecule has 5 rings (SSSR count). The van der Waals surface area contributed by atoms with E-state index in [1.165, 1.54) is 5.56 Å². The first-order chi connectivity index (χ1) is 16.5. The molecule has 34 heavy (non-hydrogen) atoms. The standard InChI is InChI=1S/C26H32Cl2N4O2/c27-21-7-6-18(13-22(21)28)14-25(34)32-12-11-31(16-19-3-2-9-29-15-19)24-5-1-4-23(26(24)32)30-10-8-20(33)17-30/h2-3,6-7,9,13,15,20,23-24,26,33H,1,4-5,8,10-12,14,16-17H2/t20?,23-,24+,26+/m0/s1. The van der Waals surface area contributed by atoms with Gasteiger partial charge in [0, 0.05) is 57.2 Å². The molecule has 2 saturated heterocycles. The van der Waals surface area contributed by atoms with Crippen LogP contribution in [0.15, 0.2) is 42.7 Å². The van der Waals surface area contributed by atoms with Crippen molar-refractivity contribution in [2.24, 2.45) is 0 Å². The zero-order valence-electron chi connectivity index (χ0n) is 19.3. The molecule has 1 amide bonds. The zero-order valence-corrected chi connectivity index (χ0v) is 20.8. The van der Waals surface area contributed by atoms with Gasteiger partial charge in [-0.2, -0.15) is 0 Å². The molecular weight excluding hydrogens is 471 g/mol. The van der Waals surface area contributed by atoms with Crippen LogP contribution in [0, 0.1) is 0 Å². The van der Waals surface area contributed by atoms with E-state index >= 15 is 0 Å². The number of halogens is 2. The number of carbonyl (C=O) groups excluding carboxylic acids is 1. The predicted molar refractivity (Wildman–Crippen MR) is 134 cm³/mol. The Hall–Kier alpha value is -1.70. The minimum absolute atomic E-state index is 0.111. The number of nitrogens with zero attached hydrogens (tertiary/aromatic N) is 4. The van der Waals surface area contributed by atoms with Gasteiger partial charge < -0.3 is 10.0 Å². The van der Waals surface area contributed by atoms with Gasteiger partial charge in [0.05, 0.1) is 28.6 Å². The summed E-state index contributed by atoms with van der Waals surface area (Å²) >= 11 is 12.3. The van der Waals surface area contributed by atoms with Crippen LogP contribution in [0.4, 0.5) is 0 Å². The quantitative estimate of drug-likeness (QED) is 0.676. The highest BCUT2D eigenvalue weighted by molar-refractivity contribution is 6.42. The molecule has 1 N–H and O–H groups in total. The minimum Gasteiger partial charge on any atom is -0.392 e. The van der Waals surface area contributed by atoms with Gasteiger partial charge in [-0.25, -0.2) is 0 Å². The third-order valence-electron chi connectivity index (χ3n) is 7.68. The lowest BCUT2D eigenvalue weighted by molar-refractivity contribution is -0.143. The maximum Gasteiger partial charge on any atom is 0.227 e. The lowest BCUT2D eigenvalue weighted by Gasteiger charge is -2.54. The van der Waals surface area contributed by atoms with Crippen LogP contribution in [0.1, 0.15) is 36.8 Å². The molecule has 3 fully saturated rings. The molecule has 0 bridgehead atoms. The summed E-state index contributed by atoms with van der Waals surface area (Å²) in [5.41, 5.74) is 2.09. The minimum atomic E-state index is -0.268. The first kappa shape index (κ1) is 24.0. The van der Waals surface area contributed by atoms with Gasteiger partial charge in [0.1, 0.15) is 0 Å². The number of likely N-dealkylation sites (tertiary alicyclic amines) is 1.